The van der Waals surface area contributed by atoms with Gasteiger partial charge in [0.1, 0.15) is 0 Å². The molecule has 2 fully saturated rings. The molecular weight excluding hydrogens is 542 g/mol. The molecule has 1 aromatic heterocycles. The van der Waals surface area contributed by atoms with Crippen LogP contribution in [0.25, 0.3) is 21.2 Å². The van der Waals surface area contributed by atoms with Gasteiger partial charge in [-0.15, -0.1) is 11.3 Å². The van der Waals surface area contributed by atoms with Gasteiger partial charge in [0.05, 0.1) is 16.9 Å². The number of likely N-dealkylation sites (tertiary alicyclic amines) is 1. The fourth-order valence-electron chi connectivity index (χ4n) is 5.91. The van der Waals surface area contributed by atoms with E-state index in [2.05, 4.69) is 27.7 Å². The molecule has 0 radical (unpaired) electrons. The number of anilines is 1. The molecule has 40 heavy (non-hydrogen) atoms. The monoisotopic (exact) mass is 573 g/mol. The number of rotatable bonds is 7. The van der Waals surface area contributed by atoms with Crippen LogP contribution < -0.4 is 10.6 Å². The number of aliphatic hydroxyl groups excluding tert-OH is 1. The SMILES string of the molecule is O=C(N[C@@H]1CCC[C@@H]1C(=O)Nc1ccc(-c2ccccc2CN2CCC(O)C2)cc1)c1cc2ccc(Cl)cc2s1. The molecule has 2 heterocycles. The second kappa shape index (κ2) is 11.7. The van der Waals surface area contributed by atoms with Crippen molar-refractivity contribution in [2.45, 2.75) is 44.4 Å². The first kappa shape index (κ1) is 27.0. The Balaban J connectivity index is 1.09. The van der Waals surface area contributed by atoms with Crippen molar-refractivity contribution in [2.75, 3.05) is 18.4 Å². The Morgan fingerprint density at radius 3 is 2.62 bits per heavy atom. The number of aliphatic hydroxyl groups is 1. The Morgan fingerprint density at radius 2 is 1.82 bits per heavy atom. The smallest absolute Gasteiger partial charge is 0.261 e. The number of halogens is 1. The summed E-state index contributed by atoms with van der Waals surface area (Å²) in [7, 11) is 0. The van der Waals surface area contributed by atoms with Crippen molar-refractivity contribution in [2.24, 2.45) is 5.92 Å². The Kier molecular flexibility index (Phi) is 7.89. The molecule has 206 valence electrons. The number of β-amino-alcohol motifs (C(OH)–C–C–N with tert-alkyl or cyclic N) is 1. The number of nitrogens with one attached hydrogen (secondary N) is 2. The number of amides is 2. The first-order chi connectivity index (χ1) is 19.4. The summed E-state index contributed by atoms with van der Waals surface area (Å²) in [6.45, 7) is 2.42. The Hall–Kier alpha value is -3.23. The van der Waals surface area contributed by atoms with E-state index in [0.29, 0.717) is 16.4 Å². The summed E-state index contributed by atoms with van der Waals surface area (Å²) in [4.78, 5) is 29.2. The number of hydrogen-bond donors (Lipinski definition) is 3. The molecule has 1 saturated carbocycles. The van der Waals surface area contributed by atoms with E-state index in [1.54, 1.807) is 0 Å². The maximum atomic E-state index is 13.2. The van der Waals surface area contributed by atoms with Gasteiger partial charge in [-0.1, -0.05) is 60.5 Å². The minimum atomic E-state index is -0.274. The normalized spacial score (nSPS) is 21.1. The van der Waals surface area contributed by atoms with E-state index in [0.717, 1.165) is 65.7 Å². The summed E-state index contributed by atoms with van der Waals surface area (Å²) >= 11 is 7.51. The van der Waals surface area contributed by atoms with Crippen LogP contribution in [0, 0.1) is 5.92 Å². The van der Waals surface area contributed by atoms with Gasteiger partial charge in [-0.3, -0.25) is 14.5 Å². The van der Waals surface area contributed by atoms with Crippen LogP contribution in [0.4, 0.5) is 5.69 Å². The molecular formula is C32H32ClN3O3S. The lowest BCUT2D eigenvalue weighted by atomic mass is 9.98. The van der Waals surface area contributed by atoms with Gasteiger partial charge in [0.2, 0.25) is 5.91 Å². The summed E-state index contributed by atoms with van der Waals surface area (Å²) in [6, 6.07) is 23.6. The minimum Gasteiger partial charge on any atom is -0.392 e. The van der Waals surface area contributed by atoms with Crippen molar-refractivity contribution < 1.29 is 14.7 Å². The zero-order valence-corrected chi connectivity index (χ0v) is 23.7. The molecule has 6 nitrogen and oxygen atoms in total. The summed E-state index contributed by atoms with van der Waals surface area (Å²) in [5.41, 5.74) is 4.21. The van der Waals surface area contributed by atoms with E-state index in [4.69, 9.17) is 11.6 Å². The third kappa shape index (κ3) is 5.93. The van der Waals surface area contributed by atoms with Crippen LogP contribution in [-0.2, 0) is 11.3 Å². The van der Waals surface area contributed by atoms with Gasteiger partial charge in [-0.2, -0.15) is 0 Å². The van der Waals surface area contributed by atoms with Crippen molar-refractivity contribution in [3.05, 3.63) is 88.3 Å². The van der Waals surface area contributed by atoms with Gasteiger partial charge in [0.15, 0.2) is 0 Å². The summed E-state index contributed by atoms with van der Waals surface area (Å²) in [5.74, 6) is -0.482. The number of fused-ring (bicyclic) bond motifs is 1. The molecule has 1 aliphatic carbocycles. The highest BCUT2D eigenvalue weighted by molar-refractivity contribution is 7.20. The predicted molar refractivity (Wildman–Crippen MR) is 162 cm³/mol. The highest BCUT2D eigenvalue weighted by Gasteiger charge is 2.34. The van der Waals surface area contributed by atoms with E-state index in [1.165, 1.54) is 16.9 Å². The van der Waals surface area contributed by atoms with Crippen LogP contribution in [0.5, 0.6) is 0 Å². The van der Waals surface area contributed by atoms with Crippen LogP contribution >= 0.6 is 22.9 Å². The molecule has 1 aliphatic heterocycles. The first-order valence-electron chi connectivity index (χ1n) is 13.8. The molecule has 1 unspecified atom stereocenters. The van der Waals surface area contributed by atoms with Crippen molar-refractivity contribution in [1.82, 2.24) is 10.2 Å². The van der Waals surface area contributed by atoms with Gasteiger partial charge in [0, 0.05) is 41.1 Å². The molecule has 3 N–H and O–H groups in total. The molecule has 1 saturated heterocycles. The van der Waals surface area contributed by atoms with E-state index < -0.39 is 0 Å². The molecule has 6 rings (SSSR count). The van der Waals surface area contributed by atoms with Gasteiger partial charge in [-0.25, -0.2) is 0 Å². The lowest BCUT2D eigenvalue weighted by molar-refractivity contribution is -0.120. The van der Waals surface area contributed by atoms with Gasteiger partial charge >= 0.3 is 0 Å². The number of carbonyl (C=O) groups excluding carboxylic acids is 2. The molecule has 4 aromatic rings. The van der Waals surface area contributed by atoms with Crippen LogP contribution in [0.2, 0.25) is 5.02 Å². The fourth-order valence-corrected chi connectivity index (χ4v) is 7.15. The minimum absolute atomic E-state index is 0.0633. The van der Waals surface area contributed by atoms with Crippen molar-refractivity contribution in [3.8, 4) is 11.1 Å². The Bertz CT molecular complexity index is 1540. The lowest BCUT2D eigenvalue weighted by Gasteiger charge is -2.20. The zero-order chi connectivity index (χ0) is 27.6. The second-order valence-corrected chi connectivity index (χ2v) is 12.3. The average molecular weight is 574 g/mol. The molecule has 0 bridgehead atoms. The Labute approximate surface area is 243 Å². The molecule has 3 atom stereocenters. The van der Waals surface area contributed by atoms with Crippen molar-refractivity contribution in [1.29, 1.82) is 0 Å². The summed E-state index contributed by atoms with van der Waals surface area (Å²) in [5, 5.41) is 17.7. The highest BCUT2D eigenvalue weighted by Crippen LogP contribution is 2.32. The van der Waals surface area contributed by atoms with Crippen LogP contribution in [0.3, 0.4) is 0 Å². The maximum absolute atomic E-state index is 13.2. The fraction of sp³-hybridized carbons (Fsp3) is 0.312. The van der Waals surface area contributed by atoms with Gasteiger partial charge in [-0.05, 0) is 71.7 Å². The average Bonchev–Trinajstić information content (AvgIpc) is 3.69. The largest absolute Gasteiger partial charge is 0.392 e. The molecule has 0 spiro atoms. The third-order valence-corrected chi connectivity index (χ3v) is 9.33. The van der Waals surface area contributed by atoms with E-state index >= 15 is 0 Å². The zero-order valence-electron chi connectivity index (χ0n) is 22.1. The molecule has 3 aromatic carbocycles. The van der Waals surface area contributed by atoms with Gasteiger partial charge in [0.25, 0.3) is 5.91 Å². The predicted octanol–water partition coefficient (Wildman–Crippen LogP) is 6.33. The molecule has 8 heteroatoms. The number of carbonyl (C=O) groups is 2. The standard InChI is InChI=1S/C32H32ClN3O3S/c33-23-11-8-21-16-30(40-29(21)17-23)32(39)35-28-7-3-6-27(28)31(38)34-24-12-9-20(10-13-24)26-5-2-1-4-22(26)18-36-15-14-25(37)19-36/h1-2,4-5,8-13,16-17,25,27-28,37H,3,6-7,14-15,18-19H2,(H,34,38)(H,35,39)/t25?,27-,28+/m0/s1. The Morgan fingerprint density at radius 1 is 1.00 bits per heavy atom. The van der Waals surface area contributed by atoms with Gasteiger partial charge < -0.3 is 15.7 Å². The van der Waals surface area contributed by atoms with E-state index in [-0.39, 0.29) is 29.9 Å². The molecule has 2 aliphatic rings. The third-order valence-electron chi connectivity index (χ3n) is 8.00. The number of thiophene rings is 1. The van der Waals surface area contributed by atoms with E-state index in [9.17, 15) is 14.7 Å². The van der Waals surface area contributed by atoms with Crippen molar-refractivity contribution in [3.63, 3.8) is 0 Å². The van der Waals surface area contributed by atoms with Crippen molar-refractivity contribution >= 4 is 50.5 Å². The van der Waals surface area contributed by atoms with E-state index in [1.807, 2.05) is 60.7 Å². The number of benzene rings is 3. The quantitative estimate of drug-likeness (QED) is 0.241. The lowest BCUT2D eigenvalue weighted by Crippen LogP contribution is -2.41. The van der Waals surface area contributed by atoms with Crippen LogP contribution in [0.1, 0.15) is 40.9 Å². The summed E-state index contributed by atoms with van der Waals surface area (Å²) in [6.07, 6.45) is 3.01. The number of nitrogens with zero attached hydrogens (tertiary/aromatic N) is 1. The van der Waals surface area contributed by atoms with Crippen LogP contribution in [0.15, 0.2) is 72.8 Å². The summed E-state index contributed by atoms with van der Waals surface area (Å²) < 4.78 is 0.972. The highest BCUT2D eigenvalue weighted by atomic mass is 35.5. The number of hydrogen-bond acceptors (Lipinski definition) is 5. The first-order valence-corrected chi connectivity index (χ1v) is 15.0. The second-order valence-electron chi connectivity index (χ2n) is 10.8. The van der Waals surface area contributed by atoms with Crippen LogP contribution in [-0.4, -0.2) is 47.1 Å². The molecule has 2 amide bonds. The topological polar surface area (TPSA) is 81.7 Å². The maximum Gasteiger partial charge on any atom is 0.261 e.